The summed E-state index contributed by atoms with van der Waals surface area (Å²) >= 11 is 0. The quantitative estimate of drug-likeness (QED) is 0.912. The molecule has 0 saturated heterocycles. The number of benzene rings is 1. The maximum atomic E-state index is 13.7. The molecule has 2 rings (SSSR count). The van der Waals surface area contributed by atoms with Gasteiger partial charge in [0.25, 0.3) is 0 Å². The van der Waals surface area contributed by atoms with Crippen molar-refractivity contribution in [3.8, 4) is 0 Å². The van der Waals surface area contributed by atoms with Crippen molar-refractivity contribution in [1.29, 1.82) is 0 Å². The molecule has 4 heteroatoms. The van der Waals surface area contributed by atoms with Gasteiger partial charge in [-0.15, -0.1) is 0 Å². The maximum Gasteiger partial charge on any atom is 0.126 e. The minimum absolute atomic E-state index is 0.0144. The van der Waals surface area contributed by atoms with Gasteiger partial charge in [-0.05, 0) is 44.2 Å². The van der Waals surface area contributed by atoms with E-state index in [4.69, 9.17) is 10.2 Å². The average Bonchev–Trinajstić information content (AvgIpc) is 2.80. The molecule has 0 aliphatic carbocycles. The monoisotopic (exact) mass is 276 g/mol. The molecule has 2 aromatic rings. The van der Waals surface area contributed by atoms with Gasteiger partial charge in [-0.1, -0.05) is 12.1 Å². The van der Waals surface area contributed by atoms with Gasteiger partial charge in [-0.2, -0.15) is 0 Å². The summed E-state index contributed by atoms with van der Waals surface area (Å²) in [6, 6.07) is 7.25. The zero-order chi connectivity index (χ0) is 14.7. The van der Waals surface area contributed by atoms with Gasteiger partial charge in [0.05, 0.1) is 6.26 Å². The van der Waals surface area contributed by atoms with Gasteiger partial charge in [0.2, 0.25) is 0 Å². The molecule has 3 nitrogen and oxygen atoms in total. The molecular formula is C16H21FN2O. The van der Waals surface area contributed by atoms with Gasteiger partial charge >= 0.3 is 0 Å². The lowest BCUT2D eigenvalue weighted by Crippen LogP contribution is -2.30. The van der Waals surface area contributed by atoms with Crippen molar-refractivity contribution < 1.29 is 8.81 Å². The van der Waals surface area contributed by atoms with Gasteiger partial charge in [0.15, 0.2) is 0 Å². The minimum Gasteiger partial charge on any atom is -0.469 e. The molecule has 108 valence electrons. The van der Waals surface area contributed by atoms with Crippen LogP contribution in [0.15, 0.2) is 34.9 Å². The fourth-order valence-corrected chi connectivity index (χ4v) is 2.34. The standard InChI is InChI=1S/C16H21FN2O/c1-11-4-5-13(8-15(11)17)16(9-18)19(3)10-14-6-7-20-12(14)2/h4-8,16H,9-10,18H2,1-3H3. The first kappa shape index (κ1) is 14.8. The Morgan fingerprint density at radius 2 is 2.05 bits per heavy atom. The molecule has 0 aliphatic heterocycles. The van der Waals surface area contributed by atoms with Gasteiger partial charge < -0.3 is 10.2 Å². The summed E-state index contributed by atoms with van der Waals surface area (Å²) in [4.78, 5) is 2.11. The summed E-state index contributed by atoms with van der Waals surface area (Å²) < 4.78 is 19.0. The molecule has 2 N–H and O–H groups in total. The van der Waals surface area contributed by atoms with Crippen LogP contribution in [0.5, 0.6) is 0 Å². The van der Waals surface area contributed by atoms with Crippen LogP contribution in [0, 0.1) is 19.7 Å². The first-order valence-corrected chi connectivity index (χ1v) is 6.72. The first-order chi connectivity index (χ1) is 9.52. The van der Waals surface area contributed by atoms with Crippen molar-refractivity contribution >= 4 is 0 Å². The molecule has 0 saturated carbocycles. The lowest BCUT2D eigenvalue weighted by Gasteiger charge is -2.27. The van der Waals surface area contributed by atoms with E-state index in [0.717, 1.165) is 23.4 Å². The zero-order valence-corrected chi connectivity index (χ0v) is 12.2. The Kier molecular flexibility index (Phi) is 4.57. The number of likely N-dealkylation sites (N-methyl/N-ethyl adjacent to an activating group) is 1. The predicted octanol–water partition coefficient (Wildman–Crippen LogP) is 3.17. The van der Waals surface area contributed by atoms with E-state index in [1.54, 1.807) is 25.3 Å². The van der Waals surface area contributed by atoms with E-state index in [9.17, 15) is 4.39 Å². The molecule has 0 amide bonds. The second kappa shape index (κ2) is 6.20. The van der Waals surface area contributed by atoms with Gasteiger partial charge in [0, 0.05) is 24.7 Å². The molecule has 1 unspecified atom stereocenters. The van der Waals surface area contributed by atoms with E-state index < -0.39 is 0 Å². The molecule has 1 aromatic heterocycles. The van der Waals surface area contributed by atoms with Crippen LogP contribution in [0.4, 0.5) is 4.39 Å². The summed E-state index contributed by atoms with van der Waals surface area (Å²) in [5.74, 6) is 0.719. The number of furan rings is 1. The Balaban J connectivity index is 2.18. The van der Waals surface area contributed by atoms with Gasteiger partial charge in [0.1, 0.15) is 11.6 Å². The predicted molar refractivity (Wildman–Crippen MR) is 77.8 cm³/mol. The van der Waals surface area contributed by atoms with Crippen LogP contribution in [0.2, 0.25) is 0 Å². The number of nitrogens with zero attached hydrogens (tertiary/aromatic N) is 1. The van der Waals surface area contributed by atoms with Crippen LogP contribution < -0.4 is 5.73 Å². The molecule has 20 heavy (non-hydrogen) atoms. The molecule has 1 aromatic carbocycles. The van der Waals surface area contributed by atoms with Crippen LogP contribution in [0.3, 0.4) is 0 Å². The summed E-state index contributed by atoms with van der Waals surface area (Å²) in [7, 11) is 1.99. The van der Waals surface area contributed by atoms with Crippen LogP contribution in [-0.2, 0) is 6.54 Å². The Morgan fingerprint density at radius 3 is 2.60 bits per heavy atom. The number of hydrogen-bond acceptors (Lipinski definition) is 3. The highest BCUT2D eigenvalue weighted by atomic mass is 19.1. The average molecular weight is 276 g/mol. The number of halogens is 1. The lowest BCUT2D eigenvalue weighted by molar-refractivity contribution is 0.240. The lowest BCUT2D eigenvalue weighted by atomic mass is 10.0. The molecule has 1 heterocycles. The Hall–Kier alpha value is -1.65. The number of aryl methyl sites for hydroxylation is 2. The molecule has 0 spiro atoms. The van der Waals surface area contributed by atoms with Crippen molar-refractivity contribution in [2.45, 2.75) is 26.4 Å². The van der Waals surface area contributed by atoms with Crippen molar-refractivity contribution in [3.05, 3.63) is 58.8 Å². The van der Waals surface area contributed by atoms with E-state index in [1.807, 2.05) is 26.1 Å². The molecular weight excluding hydrogens is 255 g/mol. The normalized spacial score (nSPS) is 12.9. The Bertz CT molecular complexity index is 580. The van der Waals surface area contributed by atoms with E-state index >= 15 is 0 Å². The largest absolute Gasteiger partial charge is 0.469 e. The second-order valence-electron chi connectivity index (χ2n) is 5.18. The van der Waals surface area contributed by atoms with Gasteiger partial charge in [-0.3, -0.25) is 4.90 Å². The minimum atomic E-state index is -0.186. The van der Waals surface area contributed by atoms with E-state index in [1.165, 1.54) is 0 Å². The molecule has 1 atom stereocenters. The van der Waals surface area contributed by atoms with E-state index in [-0.39, 0.29) is 11.9 Å². The van der Waals surface area contributed by atoms with Gasteiger partial charge in [-0.25, -0.2) is 4.39 Å². The summed E-state index contributed by atoms with van der Waals surface area (Å²) in [6.45, 7) is 4.86. The van der Waals surface area contributed by atoms with Crippen molar-refractivity contribution in [1.82, 2.24) is 4.90 Å². The smallest absolute Gasteiger partial charge is 0.126 e. The van der Waals surface area contributed by atoms with Crippen molar-refractivity contribution in [2.75, 3.05) is 13.6 Å². The summed E-state index contributed by atoms with van der Waals surface area (Å²) in [5, 5.41) is 0. The second-order valence-corrected chi connectivity index (χ2v) is 5.18. The first-order valence-electron chi connectivity index (χ1n) is 6.72. The van der Waals surface area contributed by atoms with E-state index in [0.29, 0.717) is 12.1 Å². The number of nitrogens with two attached hydrogens (primary N) is 1. The van der Waals surface area contributed by atoms with Crippen molar-refractivity contribution in [2.24, 2.45) is 5.73 Å². The third kappa shape index (κ3) is 3.08. The van der Waals surface area contributed by atoms with Crippen molar-refractivity contribution in [3.63, 3.8) is 0 Å². The fraction of sp³-hybridized carbons (Fsp3) is 0.375. The maximum absolute atomic E-state index is 13.7. The highest BCUT2D eigenvalue weighted by molar-refractivity contribution is 5.26. The third-order valence-corrected chi connectivity index (χ3v) is 3.72. The third-order valence-electron chi connectivity index (χ3n) is 3.72. The summed E-state index contributed by atoms with van der Waals surface area (Å²) in [5.41, 5.74) is 8.55. The van der Waals surface area contributed by atoms with Crippen LogP contribution in [0.25, 0.3) is 0 Å². The Labute approximate surface area is 119 Å². The molecule has 0 fully saturated rings. The number of hydrogen-bond donors (Lipinski definition) is 1. The molecule has 0 aliphatic rings. The van der Waals surface area contributed by atoms with Crippen LogP contribution in [-0.4, -0.2) is 18.5 Å². The number of rotatable bonds is 5. The highest BCUT2D eigenvalue weighted by Crippen LogP contribution is 2.23. The highest BCUT2D eigenvalue weighted by Gasteiger charge is 2.18. The molecule has 0 radical (unpaired) electrons. The zero-order valence-electron chi connectivity index (χ0n) is 12.2. The topological polar surface area (TPSA) is 42.4 Å². The Morgan fingerprint density at radius 1 is 1.30 bits per heavy atom. The fourth-order valence-electron chi connectivity index (χ4n) is 2.34. The van der Waals surface area contributed by atoms with Crippen LogP contribution >= 0.6 is 0 Å². The summed E-state index contributed by atoms with van der Waals surface area (Å²) in [6.07, 6.45) is 1.68. The van der Waals surface area contributed by atoms with E-state index in [2.05, 4.69) is 4.90 Å². The molecule has 0 bridgehead atoms. The SMILES string of the molecule is Cc1ccc(C(CN)N(C)Cc2ccoc2C)cc1F. The van der Waals surface area contributed by atoms with Crippen LogP contribution in [0.1, 0.15) is 28.5 Å².